The SMILES string of the molecule is CCc1cc2c(=O)n3c(nc2s1)/C(=C/c1cccs1)CC3. The van der Waals surface area contributed by atoms with Crippen LogP contribution in [0, 0.1) is 0 Å². The maximum atomic E-state index is 12.6. The summed E-state index contributed by atoms with van der Waals surface area (Å²) in [5, 5.41) is 2.84. The molecule has 0 spiro atoms. The second-order valence-electron chi connectivity index (χ2n) is 5.11. The third-order valence-corrected chi connectivity index (χ3v) is 5.79. The second kappa shape index (κ2) is 4.93. The summed E-state index contributed by atoms with van der Waals surface area (Å²) in [6.45, 7) is 2.85. The normalized spacial score (nSPS) is 16.0. The Kier molecular flexibility index (Phi) is 3.05. The number of hydrogen-bond donors (Lipinski definition) is 0. The van der Waals surface area contributed by atoms with E-state index in [0.717, 1.165) is 35.4 Å². The fourth-order valence-electron chi connectivity index (χ4n) is 2.72. The van der Waals surface area contributed by atoms with E-state index in [2.05, 4.69) is 24.4 Å². The fourth-order valence-corrected chi connectivity index (χ4v) is 4.36. The predicted molar refractivity (Wildman–Crippen MR) is 90.1 cm³/mol. The van der Waals surface area contributed by atoms with Gasteiger partial charge in [0.25, 0.3) is 5.56 Å². The standard InChI is InChI=1S/C16H14N2OS2/c1-2-11-9-13-15(21-11)17-14-10(5-6-18(14)16(13)19)8-12-4-3-7-20-12/h3-4,7-9H,2,5-6H2,1H3/b10-8+. The maximum Gasteiger partial charge on any atom is 0.262 e. The molecule has 21 heavy (non-hydrogen) atoms. The van der Waals surface area contributed by atoms with E-state index in [1.54, 1.807) is 22.7 Å². The topological polar surface area (TPSA) is 34.9 Å². The van der Waals surface area contributed by atoms with Crippen molar-refractivity contribution in [3.8, 4) is 0 Å². The third-order valence-electron chi connectivity index (χ3n) is 3.80. The first kappa shape index (κ1) is 13.0. The molecule has 106 valence electrons. The van der Waals surface area contributed by atoms with Crippen molar-refractivity contribution in [3.63, 3.8) is 0 Å². The van der Waals surface area contributed by atoms with Crippen LogP contribution in [-0.4, -0.2) is 9.55 Å². The van der Waals surface area contributed by atoms with Crippen molar-refractivity contribution in [1.82, 2.24) is 9.55 Å². The molecule has 0 aromatic carbocycles. The Labute approximate surface area is 130 Å². The van der Waals surface area contributed by atoms with Crippen molar-refractivity contribution in [2.24, 2.45) is 0 Å². The van der Waals surface area contributed by atoms with Crippen molar-refractivity contribution in [2.45, 2.75) is 26.3 Å². The Morgan fingerprint density at radius 3 is 3.14 bits per heavy atom. The van der Waals surface area contributed by atoms with E-state index in [9.17, 15) is 4.79 Å². The number of nitrogens with zero attached hydrogens (tertiary/aromatic N) is 2. The zero-order chi connectivity index (χ0) is 14.4. The van der Waals surface area contributed by atoms with E-state index in [-0.39, 0.29) is 5.56 Å². The summed E-state index contributed by atoms with van der Waals surface area (Å²) < 4.78 is 1.83. The molecule has 0 radical (unpaired) electrons. The van der Waals surface area contributed by atoms with Crippen LogP contribution in [0.4, 0.5) is 0 Å². The van der Waals surface area contributed by atoms with Gasteiger partial charge < -0.3 is 0 Å². The van der Waals surface area contributed by atoms with Crippen LogP contribution < -0.4 is 5.56 Å². The summed E-state index contributed by atoms with van der Waals surface area (Å²) in [4.78, 5) is 20.7. The molecule has 0 fully saturated rings. The molecule has 0 unspecified atom stereocenters. The lowest BCUT2D eigenvalue weighted by molar-refractivity contribution is 0.726. The molecule has 0 N–H and O–H groups in total. The van der Waals surface area contributed by atoms with Gasteiger partial charge in [-0.3, -0.25) is 9.36 Å². The quantitative estimate of drug-likeness (QED) is 0.716. The average Bonchev–Trinajstić information content (AvgIpc) is 3.20. The predicted octanol–water partition coefficient (Wildman–Crippen LogP) is 4.03. The lowest BCUT2D eigenvalue weighted by Crippen LogP contribution is -2.19. The molecule has 0 aliphatic carbocycles. The van der Waals surface area contributed by atoms with Crippen molar-refractivity contribution in [3.05, 3.63) is 49.5 Å². The summed E-state index contributed by atoms with van der Waals surface area (Å²) in [6, 6.07) is 6.14. The number of aryl methyl sites for hydroxylation is 1. The highest BCUT2D eigenvalue weighted by Gasteiger charge is 2.21. The molecule has 0 atom stereocenters. The van der Waals surface area contributed by atoms with Gasteiger partial charge in [-0.2, -0.15) is 0 Å². The molecule has 4 heterocycles. The Morgan fingerprint density at radius 2 is 2.38 bits per heavy atom. The minimum Gasteiger partial charge on any atom is -0.292 e. The number of allylic oxidation sites excluding steroid dienone is 1. The van der Waals surface area contributed by atoms with Crippen LogP contribution in [-0.2, 0) is 13.0 Å². The van der Waals surface area contributed by atoms with Gasteiger partial charge in [0.05, 0.1) is 5.39 Å². The van der Waals surface area contributed by atoms with Crippen LogP contribution in [0.25, 0.3) is 21.9 Å². The number of hydrogen-bond acceptors (Lipinski definition) is 4. The molecular formula is C16H14N2OS2. The first-order valence-corrected chi connectivity index (χ1v) is 8.73. The van der Waals surface area contributed by atoms with Gasteiger partial charge in [0.1, 0.15) is 10.7 Å². The lowest BCUT2D eigenvalue weighted by Gasteiger charge is -2.02. The summed E-state index contributed by atoms with van der Waals surface area (Å²) in [5.41, 5.74) is 1.28. The summed E-state index contributed by atoms with van der Waals surface area (Å²) >= 11 is 3.35. The molecule has 0 amide bonds. The van der Waals surface area contributed by atoms with E-state index in [4.69, 9.17) is 4.98 Å². The lowest BCUT2D eigenvalue weighted by atomic mass is 10.2. The third kappa shape index (κ3) is 2.08. The van der Waals surface area contributed by atoms with Gasteiger partial charge in [-0.1, -0.05) is 13.0 Å². The maximum absolute atomic E-state index is 12.6. The zero-order valence-corrected chi connectivity index (χ0v) is 13.3. The van der Waals surface area contributed by atoms with Crippen LogP contribution in [0.5, 0.6) is 0 Å². The number of thiophene rings is 2. The first-order chi connectivity index (χ1) is 10.3. The monoisotopic (exact) mass is 314 g/mol. The highest BCUT2D eigenvalue weighted by atomic mass is 32.1. The summed E-state index contributed by atoms with van der Waals surface area (Å²) in [7, 11) is 0. The van der Waals surface area contributed by atoms with E-state index >= 15 is 0 Å². The molecule has 3 aromatic heterocycles. The second-order valence-corrected chi connectivity index (χ2v) is 7.21. The van der Waals surface area contributed by atoms with Crippen molar-refractivity contribution < 1.29 is 0 Å². The van der Waals surface area contributed by atoms with Gasteiger partial charge >= 0.3 is 0 Å². The molecule has 3 nitrogen and oxygen atoms in total. The Bertz CT molecular complexity index is 900. The molecule has 5 heteroatoms. The minimum atomic E-state index is 0.112. The number of fused-ring (bicyclic) bond motifs is 2. The molecule has 0 bridgehead atoms. The number of rotatable bonds is 2. The molecule has 3 aromatic rings. The van der Waals surface area contributed by atoms with Gasteiger partial charge in [0, 0.05) is 16.3 Å². The van der Waals surface area contributed by atoms with Crippen LogP contribution in [0.3, 0.4) is 0 Å². The van der Waals surface area contributed by atoms with Crippen molar-refractivity contribution in [1.29, 1.82) is 0 Å². The molecule has 1 aliphatic rings. The molecule has 1 aliphatic heterocycles. The largest absolute Gasteiger partial charge is 0.292 e. The summed E-state index contributed by atoms with van der Waals surface area (Å²) in [5.74, 6) is 0.852. The van der Waals surface area contributed by atoms with Crippen molar-refractivity contribution in [2.75, 3.05) is 0 Å². The highest BCUT2D eigenvalue weighted by Crippen LogP contribution is 2.30. The Morgan fingerprint density at radius 1 is 1.48 bits per heavy atom. The van der Waals surface area contributed by atoms with Gasteiger partial charge in [0.15, 0.2) is 0 Å². The van der Waals surface area contributed by atoms with Gasteiger partial charge in [-0.25, -0.2) is 4.98 Å². The Balaban J connectivity index is 1.92. The van der Waals surface area contributed by atoms with Crippen LogP contribution in [0.1, 0.15) is 28.9 Å². The first-order valence-electron chi connectivity index (χ1n) is 7.04. The summed E-state index contributed by atoms with van der Waals surface area (Å²) in [6.07, 6.45) is 4.00. The minimum absolute atomic E-state index is 0.112. The molecule has 4 rings (SSSR count). The van der Waals surface area contributed by atoms with Crippen molar-refractivity contribution >= 4 is 44.5 Å². The fraction of sp³-hybridized carbons (Fsp3) is 0.250. The smallest absolute Gasteiger partial charge is 0.262 e. The average molecular weight is 314 g/mol. The van der Waals surface area contributed by atoms with E-state index in [0.29, 0.717) is 0 Å². The van der Waals surface area contributed by atoms with E-state index in [1.807, 2.05) is 16.7 Å². The van der Waals surface area contributed by atoms with E-state index in [1.165, 1.54) is 15.3 Å². The highest BCUT2D eigenvalue weighted by molar-refractivity contribution is 7.18. The van der Waals surface area contributed by atoms with Crippen LogP contribution in [0.15, 0.2) is 28.4 Å². The Hall–Kier alpha value is -1.72. The van der Waals surface area contributed by atoms with Crippen LogP contribution >= 0.6 is 22.7 Å². The van der Waals surface area contributed by atoms with Gasteiger partial charge in [-0.05, 0) is 42.0 Å². The zero-order valence-electron chi connectivity index (χ0n) is 11.6. The molecule has 0 saturated carbocycles. The van der Waals surface area contributed by atoms with Gasteiger partial charge in [0.2, 0.25) is 0 Å². The molecular weight excluding hydrogens is 300 g/mol. The molecule has 0 saturated heterocycles. The number of aromatic nitrogens is 2. The van der Waals surface area contributed by atoms with E-state index < -0.39 is 0 Å². The van der Waals surface area contributed by atoms with Crippen LogP contribution in [0.2, 0.25) is 0 Å². The van der Waals surface area contributed by atoms with Gasteiger partial charge in [-0.15, -0.1) is 22.7 Å².